The van der Waals surface area contributed by atoms with Gasteiger partial charge in [0.15, 0.2) is 0 Å². The van der Waals surface area contributed by atoms with Gasteiger partial charge in [0.25, 0.3) is 0 Å². The number of piperidine rings is 1. The van der Waals surface area contributed by atoms with Gasteiger partial charge in [-0.05, 0) is 39.8 Å². The Morgan fingerprint density at radius 3 is 2.73 bits per heavy atom. The average Bonchev–Trinajstić information content (AvgIpc) is 2.57. The van der Waals surface area contributed by atoms with E-state index in [2.05, 4.69) is 15.6 Å². The molecule has 15 heavy (non-hydrogen) atoms. The maximum absolute atomic E-state index is 5.52. The van der Waals surface area contributed by atoms with Crippen LogP contribution in [0, 0.1) is 13.8 Å². The number of nitrogens with one attached hydrogen (secondary N) is 2. The molecular formula is C11H19N3O. The monoisotopic (exact) mass is 209 g/mol. The largest absolute Gasteiger partial charge is 0.444 e. The first-order valence-electron chi connectivity index (χ1n) is 5.62. The summed E-state index contributed by atoms with van der Waals surface area (Å²) in [4.78, 5) is 4.35. The molecule has 84 valence electrons. The van der Waals surface area contributed by atoms with Crippen molar-refractivity contribution in [2.24, 2.45) is 0 Å². The molecule has 0 atom stereocenters. The van der Waals surface area contributed by atoms with Crippen LogP contribution in [0.2, 0.25) is 0 Å². The minimum atomic E-state index is 0.610. The molecule has 1 aromatic rings. The lowest BCUT2D eigenvalue weighted by atomic mass is 10.1. The maximum Gasteiger partial charge on any atom is 0.208 e. The standard InChI is InChI=1S/C11H19N3O/c1-8-9(2)15-11(14-8)7-13-10-3-5-12-6-4-10/h10,12-13H,3-7H2,1-2H3. The molecule has 0 spiro atoms. The predicted molar refractivity (Wildman–Crippen MR) is 58.7 cm³/mol. The average molecular weight is 209 g/mol. The highest BCUT2D eigenvalue weighted by atomic mass is 16.4. The lowest BCUT2D eigenvalue weighted by molar-refractivity contribution is 0.361. The van der Waals surface area contributed by atoms with E-state index in [-0.39, 0.29) is 0 Å². The van der Waals surface area contributed by atoms with E-state index < -0.39 is 0 Å². The van der Waals surface area contributed by atoms with Gasteiger partial charge in [0.1, 0.15) is 5.76 Å². The predicted octanol–water partition coefficient (Wildman–Crippen LogP) is 1.13. The smallest absolute Gasteiger partial charge is 0.208 e. The lowest BCUT2D eigenvalue weighted by Crippen LogP contribution is -2.39. The van der Waals surface area contributed by atoms with Crippen molar-refractivity contribution < 1.29 is 4.42 Å². The summed E-state index contributed by atoms with van der Waals surface area (Å²) in [7, 11) is 0. The Bertz CT molecular complexity index is 296. The van der Waals surface area contributed by atoms with Gasteiger partial charge in [-0.15, -0.1) is 0 Å². The summed E-state index contributed by atoms with van der Waals surface area (Å²) in [6, 6.07) is 0.610. The van der Waals surface area contributed by atoms with Crippen molar-refractivity contribution in [2.75, 3.05) is 13.1 Å². The fraction of sp³-hybridized carbons (Fsp3) is 0.727. The molecule has 0 radical (unpaired) electrons. The maximum atomic E-state index is 5.52. The van der Waals surface area contributed by atoms with E-state index in [9.17, 15) is 0 Å². The summed E-state index contributed by atoms with van der Waals surface area (Å²) < 4.78 is 5.52. The first-order chi connectivity index (χ1) is 7.25. The SMILES string of the molecule is Cc1nc(CNC2CCNCC2)oc1C. The highest BCUT2D eigenvalue weighted by Gasteiger charge is 2.13. The van der Waals surface area contributed by atoms with Gasteiger partial charge in [0, 0.05) is 6.04 Å². The number of aryl methyl sites for hydroxylation is 2. The summed E-state index contributed by atoms with van der Waals surface area (Å²) in [6.45, 7) is 6.91. The highest BCUT2D eigenvalue weighted by Crippen LogP contribution is 2.09. The number of rotatable bonds is 3. The molecule has 0 unspecified atom stereocenters. The summed E-state index contributed by atoms with van der Waals surface area (Å²) in [5.74, 6) is 1.74. The third-order valence-electron chi connectivity index (χ3n) is 2.95. The van der Waals surface area contributed by atoms with Crippen molar-refractivity contribution in [2.45, 2.75) is 39.3 Å². The van der Waals surface area contributed by atoms with Gasteiger partial charge in [0.05, 0.1) is 12.2 Å². The molecule has 1 aliphatic rings. The quantitative estimate of drug-likeness (QED) is 0.783. The number of oxazole rings is 1. The van der Waals surface area contributed by atoms with Crippen molar-refractivity contribution >= 4 is 0 Å². The van der Waals surface area contributed by atoms with E-state index in [1.165, 1.54) is 12.8 Å². The summed E-state index contributed by atoms with van der Waals surface area (Å²) in [5, 5.41) is 6.83. The van der Waals surface area contributed by atoms with Crippen LogP contribution in [0.4, 0.5) is 0 Å². The highest BCUT2D eigenvalue weighted by molar-refractivity contribution is 5.05. The zero-order chi connectivity index (χ0) is 10.7. The number of aromatic nitrogens is 1. The van der Waals surface area contributed by atoms with Gasteiger partial charge in [-0.3, -0.25) is 0 Å². The first-order valence-corrected chi connectivity index (χ1v) is 5.62. The van der Waals surface area contributed by atoms with E-state index in [0.29, 0.717) is 6.04 Å². The topological polar surface area (TPSA) is 50.1 Å². The normalized spacial score (nSPS) is 18.3. The van der Waals surface area contributed by atoms with Gasteiger partial charge in [-0.25, -0.2) is 4.98 Å². The third kappa shape index (κ3) is 2.79. The van der Waals surface area contributed by atoms with Crippen LogP contribution < -0.4 is 10.6 Å². The van der Waals surface area contributed by atoms with Crippen LogP contribution in [0.25, 0.3) is 0 Å². The fourth-order valence-electron chi connectivity index (χ4n) is 1.87. The summed E-state index contributed by atoms with van der Waals surface area (Å²) >= 11 is 0. The molecule has 0 aliphatic carbocycles. The molecule has 4 heteroatoms. The lowest BCUT2D eigenvalue weighted by Gasteiger charge is -2.22. The van der Waals surface area contributed by atoms with Gasteiger partial charge >= 0.3 is 0 Å². The molecule has 0 amide bonds. The molecule has 0 saturated carbocycles. The molecule has 2 heterocycles. The first kappa shape index (κ1) is 10.6. The molecule has 1 aromatic heterocycles. The summed E-state index contributed by atoms with van der Waals surface area (Å²) in [6.07, 6.45) is 2.39. The second kappa shape index (κ2) is 4.77. The molecular weight excluding hydrogens is 190 g/mol. The van der Waals surface area contributed by atoms with Crippen molar-refractivity contribution in [3.05, 3.63) is 17.3 Å². The van der Waals surface area contributed by atoms with E-state index >= 15 is 0 Å². The van der Waals surface area contributed by atoms with Crippen molar-refractivity contribution in [3.8, 4) is 0 Å². The van der Waals surface area contributed by atoms with Crippen LogP contribution in [-0.4, -0.2) is 24.1 Å². The van der Waals surface area contributed by atoms with Crippen LogP contribution in [0.1, 0.15) is 30.2 Å². The van der Waals surface area contributed by atoms with Gasteiger partial charge in [-0.1, -0.05) is 0 Å². The van der Waals surface area contributed by atoms with E-state index in [0.717, 1.165) is 37.0 Å². The Morgan fingerprint density at radius 1 is 1.40 bits per heavy atom. The molecule has 2 rings (SSSR count). The van der Waals surface area contributed by atoms with Crippen LogP contribution in [0.15, 0.2) is 4.42 Å². The fourth-order valence-corrected chi connectivity index (χ4v) is 1.87. The van der Waals surface area contributed by atoms with Gasteiger partial charge in [0.2, 0.25) is 5.89 Å². The Labute approximate surface area is 90.5 Å². The van der Waals surface area contributed by atoms with Crippen LogP contribution >= 0.6 is 0 Å². The number of nitrogens with zero attached hydrogens (tertiary/aromatic N) is 1. The minimum Gasteiger partial charge on any atom is -0.444 e. The van der Waals surface area contributed by atoms with Crippen LogP contribution in [0.3, 0.4) is 0 Å². The number of hydrogen-bond donors (Lipinski definition) is 2. The second-order valence-corrected chi connectivity index (χ2v) is 4.15. The van der Waals surface area contributed by atoms with Crippen molar-refractivity contribution in [1.82, 2.24) is 15.6 Å². The number of hydrogen-bond acceptors (Lipinski definition) is 4. The minimum absolute atomic E-state index is 0.610. The molecule has 1 fully saturated rings. The zero-order valence-corrected chi connectivity index (χ0v) is 9.47. The van der Waals surface area contributed by atoms with Gasteiger partial charge in [-0.2, -0.15) is 0 Å². The molecule has 1 aliphatic heterocycles. The van der Waals surface area contributed by atoms with E-state index in [4.69, 9.17) is 4.42 Å². The third-order valence-corrected chi connectivity index (χ3v) is 2.95. The Kier molecular flexibility index (Phi) is 3.38. The molecule has 2 N–H and O–H groups in total. The Hall–Kier alpha value is -0.870. The molecule has 0 aromatic carbocycles. The van der Waals surface area contributed by atoms with Crippen molar-refractivity contribution in [1.29, 1.82) is 0 Å². The van der Waals surface area contributed by atoms with Crippen LogP contribution in [-0.2, 0) is 6.54 Å². The summed E-state index contributed by atoms with van der Waals surface area (Å²) in [5.41, 5.74) is 0.997. The Balaban J connectivity index is 1.81. The van der Waals surface area contributed by atoms with Gasteiger partial charge < -0.3 is 15.1 Å². The zero-order valence-electron chi connectivity index (χ0n) is 9.47. The van der Waals surface area contributed by atoms with E-state index in [1.54, 1.807) is 0 Å². The molecule has 4 nitrogen and oxygen atoms in total. The molecule has 1 saturated heterocycles. The van der Waals surface area contributed by atoms with Crippen molar-refractivity contribution in [3.63, 3.8) is 0 Å². The second-order valence-electron chi connectivity index (χ2n) is 4.15. The Morgan fingerprint density at radius 2 is 2.13 bits per heavy atom. The van der Waals surface area contributed by atoms with Crippen LogP contribution in [0.5, 0.6) is 0 Å². The van der Waals surface area contributed by atoms with E-state index in [1.807, 2.05) is 13.8 Å². The molecule has 0 bridgehead atoms.